The van der Waals surface area contributed by atoms with Crippen molar-refractivity contribution in [1.82, 2.24) is 0 Å². The largest absolute Gasteiger partial charge is 0.460 e. The Labute approximate surface area is 266 Å². The fraction of sp³-hybridized carbons (Fsp3) is 0.861. The van der Waals surface area contributed by atoms with Crippen LogP contribution >= 0.6 is 0 Å². The number of rotatable bonds is 17. The fourth-order valence-electron chi connectivity index (χ4n) is 6.51. The van der Waals surface area contributed by atoms with E-state index < -0.39 is 11.6 Å². The van der Waals surface area contributed by atoms with Crippen molar-refractivity contribution >= 4 is 17.5 Å². The van der Waals surface area contributed by atoms with E-state index in [2.05, 4.69) is 32.9 Å². The van der Waals surface area contributed by atoms with Crippen molar-refractivity contribution in [2.45, 2.75) is 168 Å². The lowest BCUT2D eigenvalue weighted by Crippen LogP contribution is -2.37. The maximum atomic E-state index is 13.4. The van der Waals surface area contributed by atoms with Gasteiger partial charge in [-0.15, -0.1) is 0 Å². The number of carbonyl (C=O) groups is 3. The number of hydrogen-bond donors (Lipinski definition) is 0. The number of esters is 1. The van der Waals surface area contributed by atoms with E-state index in [0.717, 1.165) is 70.8 Å². The van der Waals surface area contributed by atoms with Crippen LogP contribution in [0.2, 0.25) is 0 Å². The van der Waals surface area contributed by atoms with Crippen molar-refractivity contribution in [2.75, 3.05) is 13.2 Å². The number of carbonyl (C=O) groups excluding carboxylic acids is 3. The molecule has 6 atom stereocenters. The second-order valence-electron chi connectivity index (χ2n) is 14.7. The molecule has 0 aromatic rings. The average Bonchev–Trinajstić information content (AvgIpc) is 3.25. The molecule has 1 saturated carbocycles. The summed E-state index contributed by atoms with van der Waals surface area (Å²) in [5.74, 6) is -0.681. The zero-order chi connectivity index (χ0) is 32.2. The number of hydrogen-bond acceptors (Lipinski definition) is 8. The summed E-state index contributed by atoms with van der Waals surface area (Å²) in [6.45, 7) is 13.5. The van der Waals surface area contributed by atoms with Crippen molar-refractivity contribution in [1.29, 1.82) is 0 Å². The molecule has 2 saturated heterocycles. The van der Waals surface area contributed by atoms with Crippen LogP contribution in [0.25, 0.3) is 0 Å². The Hall–Kier alpha value is -1.61. The predicted octanol–water partition coefficient (Wildman–Crippen LogP) is 7.65. The lowest BCUT2D eigenvalue weighted by atomic mass is 9.80. The molecule has 3 fully saturated rings. The van der Waals surface area contributed by atoms with E-state index >= 15 is 0 Å². The first-order valence-corrected chi connectivity index (χ1v) is 17.4. The van der Waals surface area contributed by atoms with Gasteiger partial charge in [-0.3, -0.25) is 14.4 Å². The Bertz CT molecular complexity index is 923. The van der Waals surface area contributed by atoms with Gasteiger partial charge >= 0.3 is 5.97 Å². The quantitative estimate of drug-likeness (QED) is 0.0708. The van der Waals surface area contributed by atoms with E-state index in [4.69, 9.17) is 23.7 Å². The Morgan fingerprint density at radius 2 is 1.64 bits per heavy atom. The molecule has 2 unspecified atom stereocenters. The predicted molar refractivity (Wildman–Crippen MR) is 170 cm³/mol. The molecule has 2 aliphatic heterocycles. The first kappa shape index (κ1) is 36.9. The van der Waals surface area contributed by atoms with Gasteiger partial charge in [-0.05, 0) is 84.0 Å². The third-order valence-electron chi connectivity index (χ3n) is 9.05. The summed E-state index contributed by atoms with van der Waals surface area (Å²) >= 11 is 0. The second kappa shape index (κ2) is 17.9. The summed E-state index contributed by atoms with van der Waals surface area (Å²) in [4.78, 5) is 37.9. The highest BCUT2D eigenvalue weighted by Gasteiger charge is 2.43. The van der Waals surface area contributed by atoms with Crippen LogP contribution in [0.4, 0.5) is 0 Å². The van der Waals surface area contributed by atoms with Crippen molar-refractivity contribution in [3.8, 4) is 0 Å². The third-order valence-corrected chi connectivity index (χ3v) is 9.05. The van der Waals surface area contributed by atoms with E-state index in [-0.39, 0.29) is 60.0 Å². The van der Waals surface area contributed by atoms with E-state index in [9.17, 15) is 14.4 Å². The van der Waals surface area contributed by atoms with Crippen LogP contribution in [0.3, 0.4) is 0 Å². The van der Waals surface area contributed by atoms with Gasteiger partial charge in [-0.2, -0.15) is 0 Å². The lowest BCUT2D eigenvalue weighted by molar-refractivity contribution is -0.198. The van der Waals surface area contributed by atoms with Gasteiger partial charge in [0.1, 0.15) is 23.6 Å². The van der Waals surface area contributed by atoms with Crippen molar-refractivity contribution in [2.24, 2.45) is 17.3 Å². The molecule has 0 N–H and O–H groups in total. The Balaban J connectivity index is 1.69. The SMILES string of the molecule is CCCCC(C)(C)[C@@H](/C=C/[C@H]1[C@H](OC2CCCCO2)CC(=O)[C@@H]1CCCCC(=O)CC(=O)OC(C)(C)C)OC1CCCCO1. The van der Waals surface area contributed by atoms with E-state index in [0.29, 0.717) is 32.3 Å². The maximum absolute atomic E-state index is 13.4. The summed E-state index contributed by atoms with van der Waals surface area (Å²) in [6, 6.07) is 0. The third kappa shape index (κ3) is 12.6. The van der Waals surface area contributed by atoms with Gasteiger partial charge in [0.05, 0.1) is 12.2 Å². The molecule has 2 heterocycles. The average molecular weight is 621 g/mol. The molecule has 8 nitrogen and oxygen atoms in total. The summed E-state index contributed by atoms with van der Waals surface area (Å²) in [5, 5.41) is 0. The minimum absolute atomic E-state index is 0.0918. The molecule has 44 heavy (non-hydrogen) atoms. The smallest absolute Gasteiger partial charge is 0.313 e. The Morgan fingerprint density at radius 3 is 2.25 bits per heavy atom. The van der Waals surface area contributed by atoms with Crippen LogP contribution < -0.4 is 0 Å². The molecule has 3 aliphatic rings. The monoisotopic (exact) mass is 620 g/mol. The molecule has 0 radical (unpaired) electrons. The molecule has 0 spiro atoms. The van der Waals surface area contributed by atoms with Crippen LogP contribution in [-0.4, -0.2) is 61.1 Å². The number of unbranched alkanes of at least 4 members (excludes halogenated alkanes) is 2. The summed E-state index contributed by atoms with van der Waals surface area (Å²) in [7, 11) is 0. The number of ketones is 2. The molecule has 0 aromatic carbocycles. The van der Waals surface area contributed by atoms with Crippen LogP contribution in [-0.2, 0) is 38.1 Å². The van der Waals surface area contributed by atoms with E-state index in [1.54, 1.807) is 20.8 Å². The highest BCUT2D eigenvalue weighted by Crippen LogP contribution is 2.39. The zero-order valence-electron chi connectivity index (χ0n) is 28.4. The lowest BCUT2D eigenvalue weighted by Gasteiger charge is -2.36. The second-order valence-corrected chi connectivity index (χ2v) is 14.7. The van der Waals surface area contributed by atoms with Crippen molar-refractivity contribution < 1.29 is 38.1 Å². The number of Topliss-reactive ketones (excluding diaryl/α,β-unsaturated/α-hetero) is 2. The van der Waals surface area contributed by atoms with Crippen LogP contribution in [0.5, 0.6) is 0 Å². The van der Waals surface area contributed by atoms with Crippen molar-refractivity contribution in [3.63, 3.8) is 0 Å². The van der Waals surface area contributed by atoms with Crippen LogP contribution in [0.15, 0.2) is 12.2 Å². The van der Waals surface area contributed by atoms with Gasteiger partial charge in [-0.25, -0.2) is 0 Å². The topological polar surface area (TPSA) is 97.4 Å². The molecule has 0 bridgehead atoms. The van der Waals surface area contributed by atoms with Gasteiger partial charge in [0.15, 0.2) is 12.6 Å². The van der Waals surface area contributed by atoms with Crippen LogP contribution in [0, 0.1) is 17.3 Å². The summed E-state index contributed by atoms with van der Waals surface area (Å²) in [6.07, 6.45) is 15.3. The maximum Gasteiger partial charge on any atom is 0.313 e. The molecule has 1 aliphatic carbocycles. The molecule has 0 aromatic heterocycles. The van der Waals surface area contributed by atoms with Gasteiger partial charge in [-0.1, -0.05) is 52.2 Å². The Morgan fingerprint density at radius 1 is 0.955 bits per heavy atom. The minimum atomic E-state index is -0.608. The number of ether oxygens (including phenoxy) is 5. The minimum Gasteiger partial charge on any atom is -0.460 e. The standard InChI is InChI=1S/C36H60O8/c1-7-8-21-36(5,6)31(43-34-18-12-14-23-41-34)20-19-28-27(29(38)25-30(28)42-33-17-11-13-22-40-33)16-10-9-15-26(37)24-32(39)44-35(2,3)4/h19-20,27-28,30-31,33-34H,7-18,21-25H2,1-6H3/b20-19+/t27-,28-,30-,31-,33?,34?/m1/s1. The first-order valence-electron chi connectivity index (χ1n) is 17.4. The highest BCUT2D eigenvalue weighted by molar-refractivity contribution is 5.95. The molecular weight excluding hydrogens is 560 g/mol. The Kier molecular flexibility index (Phi) is 15.0. The zero-order valence-corrected chi connectivity index (χ0v) is 28.4. The van der Waals surface area contributed by atoms with Crippen LogP contribution in [0.1, 0.15) is 138 Å². The highest BCUT2D eigenvalue weighted by atomic mass is 16.7. The summed E-state index contributed by atoms with van der Waals surface area (Å²) in [5.41, 5.74) is -0.703. The fourth-order valence-corrected chi connectivity index (χ4v) is 6.51. The summed E-state index contributed by atoms with van der Waals surface area (Å²) < 4.78 is 30.2. The van der Waals surface area contributed by atoms with Crippen molar-refractivity contribution in [3.05, 3.63) is 12.2 Å². The normalized spacial score (nSPS) is 27.5. The molecule has 8 heteroatoms. The first-order chi connectivity index (χ1) is 20.9. The molecule has 0 amide bonds. The molecule has 3 rings (SSSR count). The van der Waals surface area contributed by atoms with Gasteiger partial charge in [0.25, 0.3) is 0 Å². The van der Waals surface area contributed by atoms with Gasteiger partial charge < -0.3 is 23.7 Å². The van der Waals surface area contributed by atoms with Gasteiger partial charge in [0.2, 0.25) is 0 Å². The molecule has 252 valence electrons. The van der Waals surface area contributed by atoms with E-state index in [1.165, 1.54) is 0 Å². The molecular formula is C36H60O8. The van der Waals surface area contributed by atoms with Gasteiger partial charge in [0, 0.05) is 37.9 Å². The van der Waals surface area contributed by atoms with E-state index in [1.807, 2.05) is 0 Å².